The monoisotopic (exact) mass is 229 g/mol. The molecule has 0 atom stereocenters. The summed E-state index contributed by atoms with van der Waals surface area (Å²) in [6.07, 6.45) is 0. The zero-order chi connectivity index (χ0) is 12.4. The van der Waals surface area contributed by atoms with Gasteiger partial charge in [0.25, 0.3) is 0 Å². The first-order chi connectivity index (χ1) is 8.09. The number of nitrogens with zero attached hydrogens (tertiary/aromatic N) is 1. The van der Waals surface area contributed by atoms with Crippen LogP contribution < -0.4 is 4.90 Å². The van der Waals surface area contributed by atoms with Gasteiger partial charge in [0, 0.05) is 25.3 Å². The maximum Gasteiger partial charge on any atom is 0.165 e. The summed E-state index contributed by atoms with van der Waals surface area (Å²) in [5.41, 5.74) is 2.60. The molecule has 3 heteroatoms. The second-order valence-electron chi connectivity index (χ2n) is 4.11. The minimum atomic E-state index is -0.0980. The number of benzene rings is 2. The van der Waals surface area contributed by atoms with E-state index in [0.29, 0.717) is 5.56 Å². The van der Waals surface area contributed by atoms with E-state index in [1.165, 1.54) is 6.07 Å². The summed E-state index contributed by atoms with van der Waals surface area (Å²) in [6, 6.07) is 12.7. The Labute approximate surface area is 101 Å². The number of aromatic hydroxyl groups is 2. The van der Waals surface area contributed by atoms with Gasteiger partial charge in [-0.25, -0.2) is 0 Å². The summed E-state index contributed by atoms with van der Waals surface area (Å²) in [7, 11) is 3.95. The first-order valence-corrected chi connectivity index (χ1v) is 5.38. The van der Waals surface area contributed by atoms with E-state index >= 15 is 0 Å². The van der Waals surface area contributed by atoms with Gasteiger partial charge >= 0.3 is 0 Å². The molecule has 2 N–H and O–H groups in total. The topological polar surface area (TPSA) is 43.7 Å². The van der Waals surface area contributed by atoms with Crippen molar-refractivity contribution >= 4 is 5.69 Å². The molecule has 2 aromatic carbocycles. The molecule has 2 rings (SSSR count). The van der Waals surface area contributed by atoms with E-state index in [-0.39, 0.29) is 11.5 Å². The summed E-state index contributed by atoms with van der Waals surface area (Å²) in [4.78, 5) is 2.01. The lowest BCUT2D eigenvalue weighted by atomic mass is 10.0. The second-order valence-corrected chi connectivity index (χ2v) is 4.11. The minimum absolute atomic E-state index is 0.0786. The first kappa shape index (κ1) is 11.3. The van der Waals surface area contributed by atoms with Gasteiger partial charge in [-0.2, -0.15) is 0 Å². The number of hydrogen-bond donors (Lipinski definition) is 2. The van der Waals surface area contributed by atoms with Crippen LogP contribution in [0.5, 0.6) is 11.5 Å². The molecule has 0 aliphatic heterocycles. The van der Waals surface area contributed by atoms with Crippen LogP contribution in [0.4, 0.5) is 5.69 Å². The molecule has 17 heavy (non-hydrogen) atoms. The van der Waals surface area contributed by atoms with Crippen LogP contribution in [0.1, 0.15) is 0 Å². The molecule has 0 fully saturated rings. The number of phenols is 2. The molecule has 0 aliphatic rings. The first-order valence-electron chi connectivity index (χ1n) is 5.38. The van der Waals surface area contributed by atoms with Gasteiger partial charge in [-0.1, -0.05) is 24.3 Å². The van der Waals surface area contributed by atoms with E-state index in [1.807, 2.05) is 43.3 Å². The maximum absolute atomic E-state index is 9.77. The molecule has 0 aromatic heterocycles. The molecule has 0 amide bonds. The average molecular weight is 229 g/mol. The van der Waals surface area contributed by atoms with Gasteiger partial charge in [0.1, 0.15) is 0 Å². The van der Waals surface area contributed by atoms with Crippen LogP contribution in [-0.2, 0) is 0 Å². The van der Waals surface area contributed by atoms with Gasteiger partial charge in [0.2, 0.25) is 0 Å². The van der Waals surface area contributed by atoms with E-state index in [0.717, 1.165) is 11.3 Å². The smallest absolute Gasteiger partial charge is 0.165 e. The largest absolute Gasteiger partial charge is 0.504 e. The van der Waals surface area contributed by atoms with Crippen LogP contribution in [-0.4, -0.2) is 24.3 Å². The molecular formula is C14H15NO2. The highest BCUT2D eigenvalue weighted by Gasteiger charge is 2.07. The Bertz CT molecular complexity index is 518. The molecule has 0 aliphatic carbocycles. The lowest BCUT2D eigenvalue weighted by Crippen LogP contribution is -2.07. The molecule has 0 heterocycles. The number of hydrogen-bond acceptors (Lipinski definition) is 3. The molecule has 88 valence electrons. The Morgan fingerprint density at radius 2 is 1.53 bits per heavy atom. The molecule has 0 spiro atoms. The standard InChI is InChI=1S/C14H15NO2/c1-15(2)11-8-6-10(7-9-11)12-4-3-5-13(16)14(12)17/h3-9,16-17H,1-2H3. The van der Waals surface area contributed by atoms with Crippen LogP contribution in [0.2, 0.25) is 0 Å². The zero-order valence-corrected chi connectivity index (χ0v) is 9.88. The summed E-state index contributed by atoms with van der Waals surface area (Å²) >= 11 is 0. The highest BCUT2D eigenvalue weighted by atomic mass is 16.3. The van der Waals surface area contributed by atoms with Crippen LogP contribution in [0.15, 0.2) is 42.5 Å². The van der Waals surface area contributed by atoms with Crippen molar-refractivity contribution in [3.05, 3.63) is 42.5 Å². The molecule has 2 aromatic rings. The zero-order valence-electron chi connectivity index (χ0n) is 9.88. The van der Waals surface area contributed by atoms with Gasteiger partial charge in [-0.15, -0.1) is 0 Å². The molecular weight excluding hydrogens is 214 g/mol. The Morgan fingerprint density at radius 1 is 0.882 bits per heavy atom. The summed E-state index contributed by atoms with van der Waals surface area (Å²) in [5, 5.41) is 19.2. The number of anilines is 1. The van der Waals surface area contributed by atoms with Crippen molar-refractivity contribution in [1.82, 2.24) is 0 Å². The van der Waals surface area contributed by atoms with Crippen LogP contribution in [0.25, 0.3) is 11.1 Å². The third-order valence-corrected chi connectivity index (χ3v) is 2.71. The van der Waals surface area contributed by atoms with Crippen molar-refractivity contribution in [3.8, 4) is 22.6 Å². The van der Waals surface area contributed by atoms with Gasteiger partial charge < -0.3 is 15.1 Å². The summed E-state index contributed by atoms with van der Waals surface area (Å²) < 4.78 is 0. The van der Waals surface area contributed by atoms with Gasteiger partial charge in [0.15, 0.2) is 11.5 Å². The van der Waals surface area contributed by atoms with E-state index in [9.17, 15) is 10.2 Å². The van der Waals surface area contributed by atoms with Gasteiger partial charge in [-0.05, 0) is 23.8 Å². The summed E-state index contributed by atoms with van der Waals surface area (Å²) in [6.45, 7) is 0. The van der Waals surface area contributed by atoms with Crippen molar-refractivity contribution in [1.29, 1.82) is 0 Å². The molecule has 0 saturated heterocycles. The SMILES string of the molecule is CN(C)c1ccc(-c2cccc(O)c2O)cc1. The normalized spacial score (nSPS) is 10.2. The average Bonchev–Trinajstić information content (AvgIpc) is 2.33. The third kappa shape index (κ3) is 2.18. The number of rotatable bonds is 2. The van der Waals surface area contributed by atoms with E-state index in [4.69, 9.17) is 0 Å². The van der Waals surface area contributed by atoms with Crippen molar-refractivity contribution in [2.24, 2.45) is 0 Å². The molecule has 0 radical (unpaired) electrons. The molecule has 0 unspecified atom stereocenters. The lowest BCUT2D eigenvalue weighted by molar-refractivity contribution is 0.405. The fourth-order valence-electron chi connectivity index (χ4n) is 1.70. The second kappa shape index (κ2) is 4.37. The van der Waals surface area contributed by atoms with Crippen molar-refractivity contribution in [2.75, 3.05) is 19.0 Å². The fourth-order valence-corrected chi connectivity index (χ4v) is 1.70. The fraction of sp³-hybridized carbons (Fsp3) is 0.143. The predicted molar refractivity (Wildman–Crippen MR) is 69.5 cm³/mol. The van der Waals surface area contributed by atoms with E-state index in [1.54, 1.807) is 12.1 Å². The Hall–Kier alpha value is -2.16. The van der Waals surface area contributed by atoms with Gasteiger partial charge in [0.05, 0.1) is 0 Å². The minimum Gasteiger partial charge on any atom is -0.504 e. The number of para-hydroxylation sites is 1. The van der Waals surface area contributed by atoms with Crippen LogP contribution in [0.3, 0.4) is 0 Å². The Kier molecular flexibility index (Phi) is 2.91. The number of phenolic OH excluding ortho intramolecular Hbond substituents is 2. The van der Waals surface area contributed by atoms with E-state index < -0.39 is 0 Å². The van der Waals surface area contributed by atoms with Crippen molar-refractivity contribution in [2.45, 2.75) is 0 Å². The highest BCUT2D eigenvalue weighted by molar-refractivity contribution is 5.74. The van der Waals surface area contributed by atoms with Gasteiger partial charge in [-0.3, -0.25) is 0 Å². The Balaban J connectivity index is 2.43. The molecule has 0 bridgehead atoms. The van der Waals surface area contributed by atoms with Crippen molar-refractivity contribution in [3.63, 3.8) is 0 Å². The molecule has 0 saturated carbocycles. The van der Waals surface area contributed by atoms with E-state index in [2.05, 4.69) is 0 Å². The van der Waals surface area contributed by atoms with Crippen LogP contribution in [0, 0.1) is 0 Å². The molecule has 3 nitrogen and oxygen atoms in total. The van der Waals surface area contributed by atoms with Crippen LogP contribution >= 0.6 is 0 Å². The Morgan fingerprint density at radius 3 is 2.12 bits per heavy atom. The lowest BCUT2D eigenvalue weighted by Gasteiger charge is -2.13. The predicted octanol–water partition coefficient (Wildman–Crippen LogP) is 2.83. The summed E-state index contributed by atoms with van der Waals surface area (Å²) in [5.74, 6) is -0.177. The van der Waals surface area contributed by atoms with Crippen molar-refractivity contribution < 1.29 is 10.2 Å². The third-order valence-electron chi connectivity index (χ3n) is 2.71. The maximum atomic E-state index is 9.77. The highest BCUT2D eigenvalue weighted by Crippen LogP contribution is 2.36. The quantitative estimate of drug-likeness (QED) is 0.778.